The van der Waals surface area contributed by atoms with Gasteiger partial charge in [-0.1, -0.05) is 5.16 Å². The minimum absolute atomic E-state index is 0.168. The first-order valence-corrected chi connectivity index (χ1v) is 9.40. The summed E-state index contributed by atoms with van der Waals surface area (Å²) in [5, 5.41) is 12.0. The van der Waals surface area contributed by atoms with E-state index < -0.39 is 0 Å². The van der Waals surface area contributed by atoms with Crippen molar-refractivity contribution in [2.75, 3.05) is 0 Å². The van der Waals surface area contributed by atoms with Crippen molar-refractivity contribution >= 4 is 28.6 Å². The summed E-state index contributed by atoms with van der Waals surface area (Å²) in [6.07, 6.45) is 0.713. The van der Waals surface area contributed by atoms with E-state index in [1.165, 1.54) is 10.4 Å². The fourth-order valence-corrected chi connectivity index (χ4v) is 4.18. The highest BCUT2D eigenvalue weighted by Crippen LogP contribution is 2.27. The Kier molecular flexibility index (Phi) is 4.82. The molecule has 0 radical (unpaired) electrons. The molecular formula is C17H19N3O2S2. The van der Waals surface area contributed by atoms with Gasteiger partial charge in [-0.25, -0.2) is 4.98 Å². The second kappa shape index (κ2) is 6.86. The summed E-state index contributed by atoms with van der Waals surface area (Å²) in [6, 6.07) is 1.91. The number of hydrogen-bond acceptors (Lipinski definition) is 6. The highest BCUT2D eigenvalue weighted by Gasteiger charge is 2.24. The van der Waals surface area contributed by atoms with Gasteiger partial charge in [0.05, 0.1) is 17.4 Å². The van der Waals surface area contributed by atoms with E-state index in [1.807, 2.05) is 19.2 Å². The van der Waals surface area contributed by atoms with Crippen LogP contribution in [0.2, 0.25) is 0 Å². The van der Waals surface area contributed by atoms with Gasteiger partial charge in [0, 0.05) is 11.3 Å². The molecule has 7 heteroatoms. The molecule has 1 unspecified atom stereocenters. The lowest BCUT2D eigenvalue weighted by Gasteiger charge is -2.16. The predicted molar refractivity (Wildman–Crippen MR) is 95.8 cm³/mol. The molecule has 3 rings (SSSR count). The van der Waals surface area contributed by atoms with Gasteiger partial charge in [-0.15, -0.1) is 11.3 Å². The molecular weight excluding hydrogens is 342 g/mol. The van der Waals surface area contributed by atoms with Gasteiger partial charge in [-0.3, -0.25) is 4.79 Å². The highest BCUT2D eigenvalue weighted by molar-refractivity contribution is 7.11. The largest absolute Gasteiger partial charge is 0.361 e. The summed E-state index contributed by atoms with van der Waals surface area (Å²) < 4.78 is 5.11. The molecule has 0 saturated carbocycles. The Labute approximate surface area is 148 Å². The van der Waals surface area contributed by atoms with Gasteiger partial charge in [-0.05, 0) is 50.1 Å². The molecule has 0 saturated heterocycles. The zero-order chi connectivity index (χ0) is 17.3. The molecule has 24 heavy (non-hydrogen) atoms. The van der Waals surface area contributed by atoms with Gasteiger partial charge in [0.1, 0.15) is 16.3 Å². The topological polar surface area (TPSA) is 68.0 Å². The molecule has 0 aliphatic heterocycles. The SMILES string of the molecule is Cc1nc(C(Cc2ccsc2)NC(=O)c2c(C)noc2C)sc1C. The number of rotatable bonds is 5. The number of nitrogens with one attached hydrogen (secondary N) is 1. The van der Waals surface area contributed by atoms with E-state index in [2.05, 4.69) is 26.9 Å². The Bertz CT molecular complexity index is 810. The Hall–Kier alpha value is -1.99. The molecule has 5 nitrogen and oxygen atoms in total. The standard InChI is InChI=1S/C17H19N3O2S2/c1-9-12(4)24-17(18-9)14(7-13-5-6-23-8-13)19-16(21)15-10(2)20-22-11(15)3/h5-6,8,14H,7H2,1-4H3,(H,19,21). The molecule has 0 aliphatic carbocycles. The fraction of sp³-hybridized carbons (Fsp3) is 0.353. The van der Waals surface area contributed by atoms with Crippen LogP contribution < -0.4 is 5.32 Å². The summed E-state index contributed by atoms with van der Waals surface area (Å²) in [6.45, 7) is 7.57. The summed E-state index contributed by atoms with van der Waals surface area (Å²) in [4.78, 5) is 18.5. The number of nitrogens with zero attached hydrogens (tertiary/aromatic N) is 2. The Morgan fingerprint density at radius 2 is 2.08 bits per heavy atom. The summed E-state index contributed by atoms with van der Waals surface area (Å²) in [5.41, 5.74) is 3.31. The van der Waals surface area contributed by atoms with Crippen LogP contribution in [0, 0.1) is 27.7 Å². The van der Waals surface area contributed by atoms with Gasteiger partial charge in [0.15, 0.2) is 0 Å². The zero-order valence-electron chi connectivity index (χ0n) is 14.0. The molecule has 3 aromatic rings. The van der Waals surface area contributed by atoms with Crippen molar-refractivity contribution in [2.24, 2.45) is 0 Å². The normalized spacial score (nSPS) is 12.3. The number of carbonyl (C=O) groups is 1. The average Bonchev–Trinajstić information content (AvgIpc) is 3.22. The van der Waals surface area contributed by atoms with Gasteiger partial charge >= 0.3 is 0 Å². The van der Waals surface area contributed by atoms with E-state index in [-0.39, 0.29) is 11.9 Å². The molecule has 0 bridgehead atoms. The number of amides is 1. The van der Waals surface area contributed by atoms with E-state index >= 15 is 0 Å². The van der Waals surface area contributed by atoms with E-state index in [0.29, 0.717) is 23.4 Å². The summed E-state index contributed by atoms with van der Waals surface area (Å²) in [7, 11) is 0. The second-order valence-electron chi connectivity index (χ2n) is 5.75. The van der Waals surface area contributed by atoms with Crippen LogP contribution in [0.5, 0.6) is 0 Å². The van der Waals surface area contributed by atoms with Crippen LogP contribution in [-0.4, -0.2) is 16.0 Å². The molecule has 0 aliphatic rings. The molecule has 0 spiro atoms. The number of aryl methyl sites for hydroxylation is 4. The third kappa shape index (κ3) is 3.42. The third-order valence-electron chi connectivity index (χ3n) is 3.93. The number of hydrogen-bond donors (Lipinski definition) is 1. The fourth-order valence-electron chi connectivity index (χ4n) is 2.53. The minimum atomic E-state index is -0.169. The van der Waals surface area contributed by atoms with Crippen molar-refractivity contribution in [3.05, 3.63) is 55.0 Å². The van der Waals surface area contributed by atoms with Crippen molar-refractivity contribution in [3.63, 3.8) is 0 Å². The predicted octanol–water partition coefficient (Wildman–Crippen LogP) is 4.14. The van der Waals surface area contributed by atoms with Gasteiger partial charge in [0.2, 0.25) is 0 Å². The van der Waals surface area contributed by atoms with Gasteiger partial charge in [-0.2, -0.15) is 11.3 Å². The van der Waals surface area contributed by atoms with E-state index in [1.54, 1.807) is 36.5 Å². The quantitative estimate of drug-likeness (QED) is 0.741. The first kappa shape index (κ1) is 16.9. The minimum Gasteiger partial charge on any atom is -0.361 e. The summed E-state index contributed by atoms with van der Waals surface area (Å²) in [5.74, 6) is 0.364. The first-order chi connectivity index (χ1) is 11.5. The lowest BCUT2D eigenvalue weighted by atomic mass is 10.1. The smallest absolute Gasteiger partial charge is 0.257 e. The number of carbonyl (C=O) groups excluding carboxylic acids is 1. The molecule has 126 valence electrons. The lowest BCUT2D eigenvalue weighted by Crippen LogP contribution is -2.30. The first-order valence-electron chi connectivity index (χ1n) is 7.64. The Morgan fingerprint density at radius 3 is 2.62 bits per heavy atom. The van der Waals surface area contributed by atoms with Gasteiger partial charge in [0.25, 0.3) is 5.91 Å². The van der Waals surface area contributed by atoms with Crippen molar-refractivity contribution in [1.82, 2.24) is 15.5 Å². The van der Waals surface area contributed by atoms with Crippen molar-refractivity contribution in [3.8, 4) is 0 Å². The molecule has 0 aromatic carbocycles. The van der Waals surface area contributed by atoms with Crippen molar-refractivity contribution in [2.45, 2.75) is 40.2 Å². The van der Waals surface area contributed by atoms with E-state index in [0.717, 1.165) is 10.7 Å². The highest BCUT2D eigenvalue weighted by atomic mass is 32.1. The van der Waals surface area contributed by atoms with Crippen LogP contribution in [0.1, 0.15) is 49.0 Å². The Balaban J connectivity index is 1.88. The second-order valence-corrected chi connectivity index (χ2v) is 7.77. The van der Waals surface area contributed by atoms with Crippen LogP contribution in [-0.2, 0) is 6.42 Å². The molecule has 1 amide bonds. The average molecular weight is 361 g/mol. The number of aromatic nitrogens is 2. The van der Waals surface area contributed by atoms with Crippen molar-refractivity contribution in [1.29, 1.82) is 0 Å². The third-order valence-corrected chi connectivity index (χ3v) is 5.85. The van der Waals surface area contributed by atoms with E-state index in [9.17, 15) is 4.79 Å². The molecule has 3 heterocycles. The number of thiazole rings is 1. The maximum Gasteiger partial charge on any atom is 0.257 e. The Morgan fingerprint density at radius 1 is 1.29 bits per heavy atom. The maximum atomic E-state index is 12.7. The molecule has 1 N–H and O–H groups in total. The maximum absolute atomic E-state index is 12.7. The van der Waals surface area contributed by atoms with Crippen LogP contribution in [0.15, 0.2) is 21.3 Å². The van der Waals surface area contributed by atoms with E-state index in [4.69, 9.17) is 4.52 Å². The van der Waals surface area contributed by atoms with Crippen LogP contribution in [0.4, 0.5) is 0 Å². The van der Waals surface area contributed by atoms with Gasteiger partial charge < -0.3 is 9.84 Å². The lowest BCUT2D eigenvalue weighted by molar-refractivity contribution is 0.0934. The molecule has 1 atom stereocenters. The monoisotopic (exact) mass is 361 g/mol. The summed E-state index contributed by atoms with van der Waals surface area (Å²) >= 11 is 3.28. The molecule has 0 fully saturated rings. The van der Waals surface area contributed by atoms with Crippen molar-refractivity contribution < 1.29 is 9.32 Å². The van der Waals surface area contributed by atoms with Crippen LogP contribution >= 0.6 is 22.7 Å². The van der Waals surface area contributed by atoms with Crippen LogP contribution in [0.25, 0.3) is 0 Å². The number of thiophene rings is 1. The molecule has 3 aromatic heterocycles. The van der Waals surface area contributed by atoms with Crippen LogP contribution in [0.3, 0.4) is 0 Å². The zero-order valence-corrected chi connectivity index (χ0v) is 15.7.